The number of carbonyl (C=O) groups excluding carboxylic acids is 1. The molecule has 2 heterocycles. The zero-order chi connectivity index (χ0) is 11.0. The summed E-state index contributed by atoms with van der Waals surface area (Å²) in [5.74, 6) is 1.07. The highest BCUT2D eigenvalue weighted by Crippen LogP contribution is 2.34. The predicted molar refractivity (Wildman–Crippen MR) is 61.5 cm³/mol. The summed E-state index contributed by atoms with van der Waals surface area (Å²) in [5, 5.41) is 5.90. The van der Waals surface area contributed by atoms with Crippen molar-refractivity contribution in [2.24, 2.45) is 5.92 Å². The third-order valence-corrected chi connectivity index (χ3v) is 3.62. The first-order valence-electron chi connectivity index (χ1n) is 5.37. The molecule has 0 aromatic carbocycles. The van der Waals surface area contributed by atoms with Gasteiger partial charge in [0.15, 0.2) is 0 Å². The van der Waals surface area contributed by atoms with Crippen LogP contribution in [0.4, 0.5) is 0 Å². The molecule has 0 saturated heterocycles. The highest BCUT2D eigenvalue weighted by atomic mass is 32.1. The highest BCUT2D eigenvalue weighted by Gasteiger charge is 2.26. The van der Waals surface area contributed by atoms with E-state index in [-0.39, 0.29) is 5.78 Å². The van der Waals surface area contributed by atoms with Gasteiger partial charge in [0.05, 0.1) is 4.88 Å². The Morgan fingerprint density at radius 3 is 3.12 bits per heavy atom. The van der Waals surface area contributed by atoms with Crippen LogP contribution in [0.2, 0.25) is 0 Å². The number of Topliss-reactive ketones (excluding diaryl/α,β-unsaturated/α-hetero) is 1. The molecule has 1 saturated carbocycles. The molecular weight excluding hydrogens is 222 g/mol. The molecule has 2 aromatic heterocycles. The van der Waals surface area contributed by atoms with Crippen molar-refractivity contribution >= 4 is 17.1 Å². The smallest absolute Gasteiger partial charge is 0.203 e. The molecular formula is C12H11NO2S. The number of aromatic nitrogens is 1. The van der Waals surface area contributed by atoms with Crippen LogP contribution in [0.15, 0.2) is 28.1 Å². The van der Waals surface area contributed by atoms with E-state index in [4.69, 9.17) is 4.52 Å². The third-order valence-electron chi connectivity index (χ3n) is 2.73. The van der Waals surface area contributed by atoms with E-state index in [1.165, 1.54) is 12.8 Å². The second-order valence-electron chi connectivity index (χ2n) is 4.12. The van der Waals surface area contributed by atoms with Crippen LogP contribution in [-0.2, 0) is 0 Å². The molecule has 0 amide bonds. The molecule has 0 atom stereocenters. The van der Waals surface area contributed by atoms with E-state index in [2.05, 4.69) is 5.16 Å². The lowest BCUT2D eigenvalue weighted by Crippen LogP contribution is -1.97. The van der Waals surface area contributed by atoms with Crippen LogP contribution in [0.1, 0.15) is 29.8 Å². The van der Waals surface area contributed by atoms with Crippen molar-refractivity contribution in [1.29, 1.82) is 0 Å². The van der Waals surface area contributed by atoms with Crippen LogP contribution in [-0.4, -0.2) is 10.9 Å². The average molecular weight is 233 g/mol. The first-order valence-corrected chi connectivity index (χ1v) is 6.24. The lowest BCUT2D eigenvalue weighted by Gasteiger charge is -1.90. The molecule has 0 N–H and O–H groups in total. The lowest BCUT2D eigenvalue weighted by molar-refractivity contribution is 0.0940. The number of rotatable bonds is 4. The molecule has 1 aliphatic carbocycles. The van der Waals surface area contributed by atoms with E-state index in [0.717, 1.165) is 10.6 Å². The summed E-state index contributed by atoms with van der Waals surface area (Å²) in [6.07, 6.45) is 2.97. The molecule has 82 valence electrons. The molecule has 1 aliphatic rings. The zero-order valence-corrected chi connectivity index (χ0v) is 9.50. The van der Waals surface area contributed by atoms with Gasteiger partial charge in [-0.1, -0.05) is 11.2 Å². The second kappa shape index (κ2) is 3.87. The van der Waals surface area contributed by atoms with E-state index in [1.54, 1.807) is 17.4 Å². The van der Waals surface area contributed by atoms with E-state index in [0.29, 0.717) is 18.1 Å². The number of hydrogen-bond acceptors (Lipinski definition) is 4. The Morgan fingerprint density at radius 1 is 1.56 bits per heavy atom. The fraction of sp³-hybridized carbons (Fsp3) is 0.333. The van der Waals surface area contributed by atoms with Crippen LogP contribution >= 0.6 is 11.3 Å². The Balaban J connectivity index is 1.79. The van der Waals surface area contributed by atoms with Crippen molar-refractivity contribution < 1.29 is 9.32 Å². The van der Waals surface area contributed by atoms with Gasteiger partial charge in [-0.15, -0.1) is 11.3 Å². The molecule has 3 nitrogen and oxygen atoms in total. The molecule has 4 heteroatoms. The first kappa shape index (κ1) is 9.78. The first-order chi connectivity index (χ1) is 7.83. The maximum Gasteiger partial charge on any atom is 0.203 e. The Hall–Kier alpha value is -1.42. The van der Waals surface area contributed by atoms with Gasteiger partial charge in [-0.2, -0.15) is 0 Å². The van der Waals surface area contributed by atoms with Gasteiger partial charge in [0.1, 0.15) is 5.69 Å². The van der Waals surface area contributed by atoms with Gasteiger partial charge in [-0.3, -0.25) is 4.79 Å². The molecule has 1 fully saturated rings. The van der Waals surface area contributed by atoms with Crippen LogP contribution < -0.4 is 0 Å². The molecule has 2 aromatic rings. The van der Waals surface area contributed by atoms with E-state index in [9.17, 15) is 4.79 Å². The minimum Gasteiger partial charge on any atom is -0.352 e. The zero-order valence-electron chi connectivity index (χ0n) is 8.68. The molecule has 0 spiro atoms. The van der Waals surface area contributed by atoms with Gasteiger partial charge in [-0.05, 0) is 30.2 Å². The van der Waals surface area contributed by atoms with Crippen molar-refractivity contribution in [3.8, 4) is 10.6 Å². The molecule has 0 radical (unpaired) electrons. The number of hydrogen-bond donors (Lipinski definition) is 0. The quantitative estimate of drug-likeness (QED) is 0.760. The van der Waals surface area contributed by atoms with Gasteiger partial charge in [-0.25, -0.2) is 0 Å². The van der Waals surface area contributed by atoms with E-state index < -0.39 is 0 Å². The van der Waals surface area contributed by atoms with Gasteiger partial charge >= 0.3 is 0 Å². The van der Waals surface area contributed by atoms with Gasteiger partial charge in [0.2, 0.25) is 11.5 Å². The largest absolute Gasteiger partial charge is 0.352 e. The van der Waals surface area contributed by atoms with Gasteiger partial charge in [0, 0.05) is 12.5 Å². The standard InChI is InChI=1S/C12H11NO2S/c14-10(6-8-3-4-8)11-7-9(13-15-11)12-2-1-5-16-12/h1-2,5,7-8H,3-4,6H2. The second-order valence-corrected chi connectivity index (χ2v) is 5.07. The van der Waals surface area contributed by atoms with Gasteiger partial charge in [0.25, 0.3) is 0 Å². The summed E-state index contributed by atoms with van der Waals surface area (Å²) >= 11 is 1.59. The normalized spacial score (nSPS) is 15.2. The SMILES string of the molecule is O=C(CC1CC1)c1cc(-c2cccs2)no1. The Kier molecular flexibility index (Phi) is 2.36. The van der Waals surface area contributed by atoms with Crippen molar-refractivity contribution in [3.63, 3.8) is 0 Å². The summed E-state index contributed by atoms with van der Waals surface area (Å²) in [6.45, 7) is 0. The van der Waals surface area contributed by atoms with Crippen LogP contribution in [0.3, 0.4) is 0 Å². The molecule has 0 unspecified atom stereocenters. The maximum atomic E-state index is 11.7. The summed E-state index contributed by atoms with van der Waals surface area (Å²) < 4.78 is 5.09. The molecule has 0 aliphatic heterocycles. The van der Waals surface area contributed by atoms with E-state index in [1.807, 2.05) is 17.5 Å². The topological polar surface area (TPSA) is 43.1 Å². The van der Waals surface area contributed by atoms with Crippen molar-refractivity contribution in [2.75, 3.05) is 0 Å². The minimum absolute atomic E-state index is 0.0813. The Bertz CT molecular complexity index is 497. The van der Waals surface area contributed by atoms with Gasteiger partial charge < -0.3 is 4.52 Å². The fourth-order valence-corrected chi connectivity index (χ4v) is 2.31. The molecule has 0 bridgehead atoms. The fourth-order valence-electron chi connectivity index (χ4n) is 1.63. The third kappa shape index (κ3) is 1.93. The number of carbonyl (C=O) groups is 1. The monoisotopic (exact) mass is 233 g/mol. The number of ketones is 1. The summed E-state index contributed by atoms with van der Waals surface area (Å²) in [7, 11) is 0. The van der Waals surface area contributed by atoms with E-state index >= 15 is 0 Å². The Labute approximate surface area is 97.1 Å². The van der Waals surface area contributed by atoms with Crippen molar-refractivity contribution in [2.45, 2.75) is 19.3 Å². The van der Waals surface area contributed by atoms with Crippen LogP contribution in [0, 0.1) is 5.92 Å². The van der Waals surface area contributed by atoms with Crippen molar-refractivity contribution in [3.05, 3.63) is 29.3 Å². The maximum absolute atomic E-state index is 11.7. The lowest BCUT2D eigenvalue weighted by atomic mass is 10.1. The predicted octanol–water partition coefficient (Wildman–Crippen LogP) is 3.39. The molecule has 16 heavy (non-hydrogen) atoms. The van der Waals surface area contributed by atoms with Crippen molar-refractivity contribution in [1.82, 2.24) is 5.16 Å². The summed E-state index contributed by atoms with van der Waals surface area (Å²) in [6, 6.07) is 5.68. The number of thiophene rings is 1. The highest BCUT2D eigenvalue weighted by molar-refractivity contribution is 7.13. The summed E-state index contributed by atoms with van der Waals surface area (Å²) in [5.41, 5.74) is 0.758. The van der Waals surface area contributed by atoms with Crippen LogP contribution in [0.25, 0.3) is 10.6 Å². The van der Waals surface area contributed by atoms with Crippen LogP contribution in [0.5, 0.6) is 0 Å². The molecule has 3 rings (SSSR count). The summed E-state index contributed by atoms with van der Waals surface area (Å²) in [4.78, 5) is 12.8. The number of nitrogens with zero attached hydrogens (tertiary/aromatic N) is 1. The Morgan fingerprint density at radius 2 is 2.44 bits per heavy atom. The average Bonchev–Trinajstić information content (AvgIpc) is 2.84. The minimum atomic E-state index is 0.0813.